The molecule has 0 saturated heterocycles. The number of ether oxygens (including phenoxy) is 2. The summed E-state index contributed by atoms with van der Waals surface area (Å²) in [6.07, 6.45) is 6.84. The van der Waals surface area contributed by atoms with Gasteiger partial charge < -0.3 is 9.47 Å². The first kappa shape index (κ1) is 20.3. The number of hydrogen-bond donors (Lipinski definition) is 0. The molecule has 0 N–H and O–H groups in total. The van der Waals surface area contributed by atoms with Crippen LogP contribution in [0.4, 0.5) is 0 Å². The standard InChI is InChI=1S/C19H30O4.C2H6/c1-5-18(2,3)17(21)22-11-16(20)23-19(4)14-7-12-6-13(9-14)10-15(19)8-12;1-2/h12-15H,5-11H2,1-4H3;1-2H3. The van der Waals surface area contributed by atoms with E-state index in [9.17, 15) is 9.59 Å². The Morgan fingerprint density at radius 2 is 1.48 bits per heavy atom. The predicted octanol–water partition coefficient (Wildman–Crippen LogP) is 4.75. The van der Waals surface area contributed by atoms with E-state index in [4.69, 9.17) is 9.47 Å². The second kappa shape index (κ2) is 7.67. The van der Waals surface area contributed by atoms with Crippen molar-refractivity contribution in [1.29, 1.82) is 0 Å². The maximum atomic E-state index is 12.3. The average Bonchev–Trinajstić information content (AvgIpc) is 2.59. The first-order chi connectivity index (χ1) is 11.7. The summed E-state index contributed by atoms with van der Waals surface area (Å²) in [5.41, 5.74) is -0.899. The molecule has 144 valence electrons. The minimum absolute atomic E-state index is 0.260. The zero-order valence-electron chi connectivity index (χ0n) is 16.9. The lowest BCUT2D eigenvalue weighted by Crippen LogP contribution is -2.58. The van der Waals surface area contributed by atoms with Crippen molar-refractivity contribution in [3.8, 4) is 0 Å². The van der Waals surface area contributed by atoms with Gasteiger partial charge in [-0.1, -0.05) is 20.8 Å². The van der Waals surface area contributed by atoms with Crippen LogP contribution >= 0.6 is 0 Å². The zero-order valence-corrected chi connectivity index (χ0v) is 16.9. The number of hydrogen-bond acceptors (Lipinski definition) is 4. The van der Waals surface area contributed by atoms with Gasteiger partial charge in [0.05, 0.1) is 5.41 Å². The van der Waals surface area contributed by atoms with Gasteiger partial charge in [-0.15, -0.1) is 0 Å². The largest absolute Gasteiger partial charge is 0.456 e. The van der Waals surface area contributed by atoms with Gasteiger partial charge in [0.15, 0.2) is 6.61 Å². The minimum Gasteiger partial charge on any atom is -0.456 e. The molecule has 0 unspecified atom stereocenters. The molecule has 0 spiro atoms. The fourth-order valence-corrected chi connectivity index (χ4v) is 5.03. The average molecular weight is 353 g/mol. The van der Waals surface area contributed by atoms with Gasteiger partial charge in [-0.05, 0) is 83.0 Å². The molecule has 0 atom stereocenters. The molecule has 4 heteroatoms. The molecule has 4 nitrogen and oxygen atoms in total. The van der Waals surface area contributed by atoms with Crippen molar-refractivity contribution in [2.24, 2.45) is 29.1 Å². The van der Waals surface area contributed by atoms with E-state index in [1.54, 1.807) is 0 Å². The van der Waals surface area contributed by atoms with Gasteiger partial charge in [-0.3, -0.25) is 4.79 Å². The fourth-order valence-electron chi connectivity index (χ4n) is 5.03. The third-order valence-electron chi connectivity index (χ3n) is 6.85. The normalized spacial score (nSPS) is 35.6. The highest BCUT2D eigenvalue weighted by molar-refractivity contribution is 5.80. The van der Waals surface area contributed by atoms with Crippen molar-refractivity contribution in [1.82, 2.24) is 0 Å². The molecule has 4 saturated carbocycles. The van der Waals surface area contributed by atoms with E-state index in [-0.39, 0.29) is 24.1 Å². The van der Waals surface area contributed by atoms with Crippen molar-refractivity contribution in [3.05, 3.63) is 0 Å². The lowest BCUT2D eigenvalue weighted by atomic mass is 9.50. The van der Waals surface area contributed by atoms with E-state index >= 15 is 0 Å². The molecular formula is C21H36O4. The molecule has 4 bridgehead atoms. The Morgan fingerprint density at radius 1 is 1.00 bits per heavy atom. The fraction of sp³-hybridized carbons (Fsp3) is 0.905. The molecule has 0 aromatic carbocycles. The molecule has 0 aliphatic heterocycles. The van der Waals surface area contributed by atoms with Gasteiger partial charge in [0.2, 0.25) is 0 Å². The highest BCUT2D eigenvalue weighted by Crippen LogP contribution is 2.59. The van der Waals surface area contributed by atoms with Crippen LogP contribution in [0, 0.1) is 29.1 Å². The highest BCUT2D eigenvalue weighted by Gasteiger charge is 2.57. The van der Waals surface area contributed by atoms with Gasteiger partial charge in [0.1, 0.15) is 5.60 Å². The Hall–Kier alpha value is -1.06. The smallest absolute Gasteiger partial charge is 0.344 e. The summed E-state index contributed by atoms with van der Waals surface area (Å²) in [6.45, 7) is 11.5. The van der Waals surface area contributed by atoms with Crippen LogP contribution in [-0.2, 0) is 19.1 Å². The monoisotopic (exact) mass is 352 g/mol. The number of esters is 2. The second-order valence-electron chi connectivity index (χ2n) is 8.78. The lowest BCUT2D eigenvalue weighted by Gasteiger charge is -2.59. The number of rotatable bonds is 5. The minimum atomic E-state index is -0.549. The summed E-state index contributed by atoms with van der Waals surface area (Å²) < 4.78 is 11.1. The van der Waals surface area contributed by atoms with Crippen molar-refractivity contribution < 1.29 is 19.1 Å². The van der Waals surface area contributed by atoms with Crippen LogP contribution < -0.4 is 0 Å². The van der Waals surface area contributed by atoms with Crippen molar-refractivity contribution in [2.75, 3.05) is 6.61 Å². The second-order valence-corrected chi connectivity index (χ2v) is 8.78. The van der Waals surface area contributed by atoms with Crippen LogP contribution in [0.5, 0.6) is 0 Å². The molecule has 25 heavy (non-hydrogen) atoms. The lowest BCUT2D eigenvalue weighted by molar-refractivity contribution is -0.208. The molecule has 0 heterocycles. The maximum Gasteiger partial charge on any atom is 0.344 e. The van der Waals surface area contributed by atoms with Crippen LogP contribution in [0.3, 0.4) is 0 Å². The van der Waals surface area contributed by atoms with E-state index in [2.05, 4.69) is 6.92 Å². The Kier molecular flexibility index (Phi) is 6.22. The molecule has 0 aromatic heterocycles. The molecule has 4 aliphatic carbocycles. The molecule has 0 amide bonds. The molecule has 0 aromatic rings. The Labute approximate surface area is 153 Å². The van der Waals surface area contributed by atoms with E-state index in [0.29, 0.717) is 18.3 Å². The van der Waals surface area contributed by atoms with Gasteiger partial charge >= 0.3 is 11.9 Å². The number of carbonyl (C=O) groups excluding carboxylic acids is 2. The quantitative estimate of drug-likeness (QED) is 0.670. The van der Waals surface area contributed by atoms with Crippen LogP contribution in [0.25, 0.3) is 0 Å². The molecule has 4 aliphatic rings. The van der Waals surface area contributed by atoms with Crippen molar-refractivity contribution in [3.63, 3.8) is 0 Å². The van der Waals surface area contributed by atoms with Crippen molar-refractivity contribution in [2.45, 2.75) is 85.7 Å². The Bertz CT molecular complexity index is 466. The van der Waals surface area contributed by atoms with Gasteiger partial charge in [0.25, 0.3) is 0 Å². The topological polar surface area (TPSA) is 52.6 Å². The summed E-state index contributed by atoms with van der Waals surface area (Å²) in [6, 6.07) is 0. The van der Waals surface area contributed by atoms with Crippen LogP contribution in [0.2, 0.25) is 0 Å². The summed E-state index contributed by atoms with van der Waals surface area (Å²) in [7, 11) is 0. The van der Waals surface area contributed by atoms with Crippen LogP contribution in [0.15, 0.2) is 0 Å². The number of carbonyl (C=O) groups is 2. The first-order valence-corrected chi connectivity index (χ1v) is 10.1. The summed E-state index contributed by atoms with van der Waals surface area (Å²) in [5, 5.41) is 0. The first-order valence-electron chi connectivity index (χ1n) is 10.1. The van der Waals surface area contributed by atoms with E-state index in [0.717, 1.165) is 11.8 Å². The van der Waals surface area contributed by atoms with Gasteiger partial charge in [-0.25, -0.2) is 4.79 Å². The predicted molar refractivity (Wildman–Crippen MR) is 97.9 cm³/mol. The summed E-state index contributed by atoms with van der Waals surface area (Å²) in [5.74, 6) is 1.95. The van der Waals surface area contributed by atoms with Crippen LogP contribution in [0.1, 0.15) is 80.1 Å². The Balaban J connectivity index is 0.00000109. The maximum absolute atomic E-state index is 12.3. The van der Waals surface area contributed by atoms with Crippen LogP contribution in [-0.4, -0.2) is 24.1 Å². The van der Waals surface area contributed by atoms with Gasteiger partial charge in [-0.2, -0.15) is 0 Å². The highest BCUT2D eigenvalue weighted by atomic mass is 16.6. The third kappa shape index (κ3) is 4.03. The van der Waals surface area contributed by atoms with Crippen molar-refractivity contribution >= 4 is 11.9 Å². The van der Waals surface area contributed by atoms with E-state index in [1.807, 2.05) is 34.6 Å². The molecule has 0 radical (unpaired) electrons. The third-order valence-corrected chi connectivity index (χ3v) is 6.85. The van der Waals surface area contributed by atoms with E-state index in [1.165, 1.54) is 32.1 Å². The van der Waals surface area contributed by atoms with Gasteiger partial charge in [0, 0.05) is 0 Å². The summed E-state index contributed by atoms with van der Waals surface area (Å²) >= 11 is 0. The Morgan fingerprint density at radius 3 is 1.92 bits per heavy atom. The molecule has 4 rings (SSSR count). The molecule has 4 fully saturated rings. The zero-order chi connectivity index (χ0) is 18.8. The summed E-state index contributed by atoms with van der Waals surface area (Å²) in [4.78, 5) is 24.2. The van der Waals surface area contributed by atoms with E-state index < -0.39 is 5.41 Å². The SMILES string of the molecule is CC.CCC(C)(C)C(=O)OCC(=O)OC1(C)C2CC3CC(C2)CC1C3. The molecular weight excluding hydrogens is 316 g/mol.